The van der Waals surface area contributed by atoms with Gasteiger partial charge < -0.3 is 5.73 Å². The third-order valence-corrected chi connectivity index (χ3v) is 2.51. The molecule has 0 fully saturated rings. The van der Waals surface area contributed by atoms with Crippen molar-refractivity contribution in [3.63, 3.8) is 0 Å². The summed E-state index contributed by atoms with van der Waals surface area (Å²) in [7, 11) is 0. The molecule has 1 aromatic rings. The summed E-state index contributed by atoms with van der Waals surface area (Å²) in [6.45, 7) is 0.868. The SMILES string of the molecule is NC(=S)NN1CCc2cc(Cl)ccc21. The van der Waals surface area contributed by atoms with Crippen molar-refractivity contribution in [2.24, 2.45) is 5.73 Å². The molecule has 0 saturated heterocycles. The first-order chi connectivity index (χ1) is 6.66. The average molecular weight is 228 g/mol. The van der Waals surface area contributed by atoms with Gasteiger partial charge in [0, 0.05) is 11.6 Å². The predicted molar refractivity (Wildman–Crippen MR) is 62.4 cm³/mol. The molecule has 0 radical (unpaired) electrons. The van der Waals surface area contributed by atoms with E-state index in [0.717, 1.165) is 23.7 Å². The summed E-state index contributed by atoms with van der Waals surface area (Å²) in [4.78, 5) is 0. The summed E-state index contributed by atoms with van der Waals surface area (Å²) in [5.74, 6) is 0. The molecule has 0 aromatic heterocycles. The fourth-order valence-electron chi connectivity index (χ4n) is 1.62. The van der Waals surface area contributed by atoms with Crippen molar-refractivity contribution in [1.29, 1.82) is 0 Å². The number of hydrazine groups is 1. The van der Waals surface area contributed by atoms with Crippen LogP contribution in [0.5, 0.6) is 0 Å². The van der Waals surface area contributed by atoms with Crippen LogP contribution in [0, 0.1) is 0 Å². The largest absolute Gasteiger partial charge is 0.375 e. The molecule has 0 aliphatic carbocycles. The van der Waals surface area contributed by atoms with Gasteiger partial charge in [-0.1, -0.05) is 11.6 Å². The van der Waals surface area contributed by atoms with E-state index in [1.807, 2.05) is 23.2 Å². The molecule has 14 heavy (non-hydrogen) atoms. The number of hydrogen-bond donors (Lipinski definition) is 2. The van der Waals surface area contributed by atoms with Gasteiger partial charge in [-0.25, -0.2) is 0 Å². The van der Waals surface area contributed by atoms with Crippen LogP contribution in [-0.4, -0.2) is 11.7 Å². The summed E-state index contributed by atoms with van der Waals surface area (Å²) in [5, 5.41) is 2.99. The second-order valence-corrected chi connectivity index (χ2v) is 4.03. The lowest BCUT2D eigenvalue weighted by Gasteiger charge is -2.20. The Morgan fingerprint density at radius 2 is 2.36 bits per heavy atom. The first kappa shape index (κ1) is 9.55. The van der Waals surface area contributed by atoms with Crippen LogP contribution in [0.3, 0.4) is 0 Å². The molecule has 0 saturated carbocycles. The Morgan fingerprint density at radius 3 is 3.07 bits per heavy atom. The number of rotatable bonds is 1. The topological polar surface area (TPSA) is 41.3 Å². The molecule has 1 aliphatic heterocycles. The highest BCUT2D eigenvalue weighted by molar-refractivity contribution is 7.80. The summed E-state index contributed by atoms with van der Waals surface area (Å²) >= 11 is 10.7. The monoisotopic (exact) mass is 227 g/mol. The molecule has 0 atom stereocenters. The zero-order chi connectivity index (χ0) is 10.1. The second kappa shape index (κ2) is 3.63. The normalized spacial score (nSPS) is 13.9. The zero-order valence-electron chi connectivity index (χ0n) is 7.46. The molecule has 0 bridgehead atoms. The van der Waals surface area contributed by atoms with Gasteiger partial charge in [-0.05, 0) is 42.4 Å². The van der Waals surface area contributed by atoms with Crippen molar-refractivity contribution >= 4 is 34.6 Å². The molecule has 3 N–H and O–H groups in total. The fourth-order valence-corrected chi connectivity index (χ4v) is 1.92. The van der Waals surface area contributed by atoms with Gasteiger partial charge in [-0.2, -0.15) is 0 Å². The Bertz CT molecular complexity index is 380. The number of benzene rings is 1. The van der Waals surface area contributed by atoms with Gasteiger partial charge in [0.15, 0.2) is 5.11 Å². The van der Waals surface area contributed by atoms with E-state index in [0.29, 0.717) is 0 Å². The molecule has 2 rings (SSSR count). The Kier molecular flexibility index (Phi) is 2.48. The lowest BCUT2D eigenvalue weighted by Crippen LogP contribution is -2.44. The predicted octanol–water partition coefficient (Wildman–Crippen LogP) is 1.45. The minimum atomic E-state index is 0.285. The quantitative estimate of drug-likeness (QED) is 0.713. The molecule has 1 aromatic carbocycles. The smallest absolute Gasteiger partial charge is 0.182 e. The van der Waals surface area contributed by atoms with E-state index < -0.39 is 0 Å². The number of anilines is 1. The van der Waals surface area contributed by atoms with Crippen LogP contribution in [0.25, 0.3) is 0 Å². The summed E-state index contributed by atoms with van der Waals surface area (Å²) in [6.07, 6.45) is 0.964. The van der Waals surface area contributed by atoms with E-state index in [1.165, 1.54) is 5.56 Å². The lowest BCUT2D eigenvalue weighted by atomic mass is 10.2. The zero-order valence-corrected chi connectivity index (χ0v) is 9.03. The van der Waals surface area contributed by atoms with E-state index in [2.05, 4.69) is 5.43 Å². The number of nitrogens with zero attached hydrogens (tertiary/aromatic N) is 1. The van der Waals surface area contributed by atoms with Crippen LogP contribution >= 0.6 is 23.8 Å². The van der Waals surface area contributed by atoms with E-state index in [4.69, 9.17) is 29.6 Å². The third-order valence-electron chi connectivity index (χ3n) is 2.18. The lowest BCUT2D eigenvalue weighted by molar-refractivity contribution is 0.803. The van der Waals surface area contributed by atoms with Gasteiger partial charge in [0.25, 0.3) is 0 Å². The molecule has 0 unspecified atom stereocenters. The van der Waals surface area contributed by atoms with Crippen LogP contribution < -0.4 is 16.2 Å². The Hall–Kier alpha value is -1.00. The molecular weight excluding hydrogens is 218 g/mol. The Morgan fingerprint density at radius 1 is 1.57 bits per heavy atom. The summed E-state index contributed by atoms with van der Waals surface area (Å²) < 4.78 is 0. The highest BCUT2D eigenvalue weighted by Gasteiger charge is 2.18. The molecule has 1 aliphatic rings. The molecule has 74 valence electrons. The summed E-state index contributed by atoms with van der Waals surface area (Å²) in [5.41, 5.74) is 10.7. The van der Waals surface area contributed by atoms with Crippen LogP contribution in [0.15, 0.2) is 18.2 Å². The van der Waals surface area contributed by atoms with Crippen LogP contribution in [0.4, 0.5) is 5.69 Å². The molecule has 5 heteroatoms. The maximum atomic E-state index is 5.89. The number of fused-ring (bicyclic) bond motifs is 1. The molecule has 0 spiro atoms. The summed E-state index contributed by atoms with van der Waals surface area (Å²) in [6, 6.07) is 5.80. The number of thiocarbonyl (C=S) groups is 1. The second-order valence-electron chi connectivity index (χ2n) is 3.15. The van der Waals surface area contributed by atoms with E-state index in [9.17, 15) is 0 Å². The van der Waals surface area contributed by atoms with Gasteiger partial charge in [0.1, 0.15) is 0 Å². The first-order valence-electron chi connectivity index (χ1n) is 4.29. The minimum Gasteiger partial charge on any atom is -0.375 e. The maximum Gasteiger partial charge on any atom is 0.182 e. The average Bonchev–Trinajstić information content (AvgIpc) is 2.47. The van der Waals surface area contributed by atoms with Gasteiger partial charge in [0.2, 0.25) is 0 Å². The van der Waals surface area contributed by atoms with Gasteiger partial charge in [0.05, 0.1) is 5.69 Å². The molecule has 0 amide bonds. The number of halogens is 1. The van der Waals surface area contributed by atoms with Crippen molar-refractivity contribution in [1.82, 2.24) is 5.43 Å². The van der Waals surface area contributed by atoms with Crippen LogP contribution in [-0.2, 0) is 6.42 Å². The molecule has 3 nitrogen and oxygen atoms in total. The van der Waals surface area contributed by atoms with Crippen molar-refractivity contribution in [3.8, 4) is 0 Å². The van der Waals surface area contributed by atoms with Crippen molar-refractivity contribution in [2.45, 2.75) is 6.42 Å². The van der Waals surface area contributed by atoms with Gasteiger partial charge >= 0.3 is 0 Å². The number of hydrogen-bond acceptors (Lipinski definition) is 2. The van der Waals surface area contributed by atoms with Crippen LogP contribution in [0.1, 0.15) is 5.56 Å². The van der Waals surface area contributed by atoms with E-state index >= 15 is 0 Å². The minimum absolute atomic E-state index is 0.285. The highest BCUT2D eigenvalue weighted by Crippen LogP contribution is 2.28. The fraction of sp³-hybridized carbons (Fsp3) is 0.222. The maximum absolute atomic E-state index is 5.89. The number of nitrogens with one attached hydrogen (secondary N) is 1. The van der Waals surface area contributed by atoms with Gasteiger partial charge in [-0.15, -0.1) is 0 Å². The van der Waals surface area contributed by atoms with E-state index in [-0.39, 0.29) is 5.11 Å². The third kappa shape index (κ3) is 1.76. The van der Waals surface area contributed by atoms with Crippen molar-refractivity contribution in [3.05, 3.63) is 28.8 Å². The Labute approximate surface area is 92.8 Å². The van der Waals surface area contributed by atoms with E-state index in [1.54, 1.807) is 0 Å². The molecule has 1 heterocycles. The Balaban J connectivity index is 2.26. The number of nitrogens with two attached hydrogens (primary N) is 1. The molecular formula is C9H10ClN3S. The standard InChI is InChI=1S/C9H10ClN3S/c10-7-1-2-8-6(5-7)3-4-13(8)12-9(11)14/h1-2,5H,3-4H2,(H3,11,12,14). The van der Waals surface area contributed by atoms with Crippen LogP contribution in [0.2, 0.25) is 5.02 Å². The highest BCUT2D eigenvalue weighted by atomic mass is 35.5. The van der Waals surface area contributed by atoms with Crippen molar-refractivity contribution in [2.75, 3.05) is 11.6 Å². The first-order valence-corrected chi connectivity index (χ1v) is 5.07. The van der Waals surface area contributed by atoms with Crippen molar-refractivity contribution < 1.29 is 0 Å². The van der Waals surface area contributed by atoms with Gasteiger partial charge in [-0.3, -0.25) is 10.4 Å².